The van der Waals surface area contributed by atoms with Crippen molar-refractivity contribution in [2.24, 2.45) is 0 Å². The summed E-state index contributed by atoms with van der Waals surface area (Å²) in [6.07, 6.45) is 0. The summed E-state index contributed by atoms with van der Waals surface area (Å²) >= 11 is 0. The summed E-state index contributed by atoms with van der Waals surface area (Å²) in [5.74, 6) is 1.25. The van der Waals surface area contributed by atoms with Gasteiger partial charge in [0.15, 0.2) is 0 Å². The molecular formula is C25H28N4O2. The fourth-order valence-electron chi connectivity index (χ4n) is 3.88. The highest BCUT2D eigenvalue weighted by Crippen LogP contribution is 2.18. The Morgan fingerprint density at radius 1 is 0.903 bits per heavy atom. The summed E-state index contributed by atoms with van der Waals surface area (Å²) < 4.78 is 1.45. The molecule has 6 heteroatoms. The molecule has 0 aliphatic carbocycles. The zero-order chi connectivity index (χ0) is 22.0. The van der Waals surface area contributed by atoms with Crippen LogP contribution in [0, 0.1) is 6.92 Å². The Kier molecular flexibility index (Phi) is 5.89. The number of anilines is 1. The molecule has 1 amide bonds. The van der Waals surface area contributed by atoms with Crippen LogP contribution in [-0.4, -0.2) is 46.8 Å². The number of carbonyl (C=O) groups excluding carboxylic acids is 1. The van der Waals surface area contributed by atoms with E-state index in [2.05, 4.69) is 23.8 Å². The van der Waals surface area contributed by atoms with Gasteiger partial charge >= 0.3 is 0 Å². The van der Waals surface area contributed by atoms with Gasteiger partial charge in [0.05, 0.1) is 5.69 Å². The molecule has 6 nitrogen and oxygen atoms in total. The van der Waals surface area contributed by atoms with E-state index in [1.165, 1.54) is 10.2 Å². The molecule has 160 valence electrons. The topological polar surface area (TPSA) is 58.4 Å². The highest BCUT2D eigenvalue weighted by molar-refractivity contribution is 5.95. The van der Waals surface area contributed by atoms with Gasteiger partial charge < -0.3 is 9.80 Å². The van der Waals surface area contributed by atoms with Crippen molar-refractivity contribution in [1.29, 1.82) is 0 Å². The van der Waals surface area contributed by atoms with E-state index in [1.807, 2.05) is 60.4 Å². The molecule has 0 atom stereocenters. The molecule has 4 rings (SSSR count). The lowest BCUT2D eigenvalue weighted by Crippen LogP contribution is -2.49. The summed E-state index contributed by atoms with van der Waals surface area (Å²) in [4.78, 5) is 29.3. The third-order valence-corrected chi connectivity index (χ3v) is 5.86. The maximum Gasteiger partial charge on any atom is 0.271 e. The molecule has 1 aromatic heterocycles. The largest absolute Gasteiger partial charge is 0.352 e. The number of amides is 1. The van der Waals surface area contributed by atoms with Crippen LogP contribution < -0.4 is 10.5 Å². The zero-order valence-electron chi connectivity index (χ0n) is 18.3. The van der Waals surface area contributed by atoms with Crippen LogP contribution in [0.15, 0.2) is 65.5 Å². The van der Waals surface area contributed by atoms with Crippen LogP contribution in [-0.2, 0) is 0 Å². The number of rotatable bonds is 4. The van der Waals surface area contributed by atoms with Crippen molar-refractivity contribution in [3.8, 4) is 5.69 Å². The van der Waals surface area contributed by atoms with E-state index >= 15 is 0 Å². The molecule has 1 saturated heterocycles. The standard InChI is InChI=1S/C25H28N4O2/c1-18(2)20-8-10-21(11-9-20)29-24(30)13-12-23(26-29)27-14-16-28(17-15-27)25(31)22-7-5-4-6-19(22)3/h4-13,18H,14-17H2,1-3H3. The molecule has 0 radical (unpaired) electrons. The molecule has 2 heterocycles. The van der Waals surface area contributed by atoms with Crippen LogP contribution in [0.5, 0.6) is 0 Å². The molecule has 0 spiro atoms. The summed E-state index contributed by atoms with van der Waals surface area (Å²) in [6.45, 7) is 8.84. The average Bonchev–Trinajstić information content (AvgIpc) is 2.79. The highest BCUT2D eigenvalue weighted by atomic mass is 16.2. The number of hydrogen-bond acceptors (Lipinski definition) is 4. The van der Waals surface area contributed by atoms with Crippen molar-refractivity contribution in [2.45, 2.75) is 26.7 Å². The number of carbonyl (C=O) groups is 1. The van der Waals surface area contributed by atoms with Gasteiger partial charge in [-0.05, 0) is 48.2 Å². The highest BCUT2D eigenvalue weighted by Gasteiger charge is 2.24. The Labute approximate surface area is 182 Å². The summed E-state index contributed by atoms with van der Waals surface area (Å²) in [6, 6.07) is 19.0. The molecule has 1 aliphatic rings. The lowest BCUT2D eigenvalue weighted by atomic mass is 10.0. The van der Waals surface area contributed by atoms with E-state index in [1.54, 1.807) is 12.1 Å². The third-order valence-electron chi connectivity index (χ3n) is 5.86. The molecule has 1 aliphatic heterocycles. The minimum absolute atomic E-state index is 0.0703. The molecule has 1 fully saturated rings. The molecule has 2 aromatic carbocycles. The minimum Gasteiger partial charge on any atom is -0.352 e. The molecule has 0 bridgehead atoms. The average molecular weight is 417 g/mol. The smallest absolute Gasteiger partial charge is 0.271 e. The summed E-state index contributed by atoms with van der Waals surface area (Å²) in [7, 11) is 0. The van der Waals surface area contributed by atoms with E-state index in [0.29, 0.717) is 32.1 Å². The summed E-state index contributed by atoms with van der Waals surface area (Å²) in [5, 5.41) is 4.61. The van der Waals surface area contributed by atoms with Crippen molar-refractivity contribution < 1.29 is 4.79 Å². The van der Waals surface area contributed by atoms with Crippen LogP contribution in [0.25, 0.3) is 5.69 Å². The second kappa shape index (κ2) is 8.76. The SMILES string of the molecule is Cc1ccccc1C(=O)N1CCN(c2ccc(=O)n(-c3ccc(C(C)C)cc3)n2)CC1. The quantitative estimate of drug-likeness (QED) is 0.652. The van der Waals surface area contributed by atoms with E-state index < -0.39 is 0 Å². The molecule has 0 saturated carbocycles. The number of piperazine rings is 1. The van der Waals surface area contributed by atoms with E-state index in [-0.39, 0.29) is 11.5 Å². The minimum atomic E-state index is -0.158. The van der Waals surface area contributed by atoms with Crippen LogP contribution in [0.2, 0.25) is 0 Å². The number of nitrogens with zero attached hydrogens (tertiary/aromatic N) is 4. The van der Waals surface area contributed by atoms with Gasteiger partial charge in [-0.15, -0.1) is 5.10 Å². The van der Waals surface area contributed by atoms with Gasteiger partial charge in [-0.2, -0.15) is 4.68 Å². The van der Waals surface area contributed by atoms with Crippen LogP contribution >= 0.6 is 0 Å². The summed E-state index contributed by atoms with van der Waals surface area (Å²) in [5.41, 5.74) is 3.57. The fraction of sp³-hybridized carbons (Fsp3) is 0.320. The van der Waals surface area contributed by atoms with Crippen molar-refractivity contribution in [1.82, 2.24) is 14.7 Å². The lowest BCUT2D eigenvalue weighted by Gasteiger charge is -2.35. The maximum absolute atomic E-state index is 12.9. The van der Waals surface area contributed by atoms with Crippen molar-refractivity contribution in [3.63, 3.8) is 0 Å². The van der Waals surface area contributed by atoms with Crippen LogP contribution in [0.3, 0.4) is 0 Å². The first kappa shape index (κ1) is 20.8. The fourth-order valence-corrected chi connectivity index (χ4v) is 3.88. The lowest BCUT2D eigenvalue weighted by molar-refractivity contribution is 0.0745. The second-order valence-corrected chi connectivity index (χ2v) is 8.28. The van der Waals surface area contributed by atoms with E-state index in [9.17, 15) is 9.59 Å². The molecule has 3 aromatic rings. The van der Waals surface area contributed by atoms with E-state index in [0.717, 1.165) is 22.6 Å². The normalized spacial score (nSPS) is 14.2. The molecule has 0 unspecified atom stereocenters. The Hall–Kier alpha value is -3.41. The van der Waals surface area contributed by atoms with E-state index in [4.69, 9.17) is 0 Å². The van der Waals surface area contributed by atoms with Gasteiger partial charge in [-0.1, -0.05) is 44.2 Å². The third kappa shape index (κ3) is 4.38. The number of benzene rings is 2. The van der Waals surface area contributed by atoms with Crippen molar-refractivity contribution in [3.05, 3.63) is 87.7 Å². The van der Waals surface area contributed by atoms with Crippen LogP contribution in [0.1, 0.15) is 41.3 Å². The first-order valence-electron chi connectivity index (χ1n) is 10.7. The molecule has 31 heavy (non-hydrogen) atoms. The Morgan fingerprint density at radius 3 is 2.23 bits per heavy atom. The maximum atomic E-state index is 12.9. The Balaban J connectivity index is 1.49. The second-order valence-electron chi connectivity index (χ2n) is 8.28. The van der Waals surface area contributed by atoms with Crippen LogP contribution in [0.4, 0.5) is 5.82 Å². The number of aromatic nitrogens is 2. The van der Waals surface area contributed by atoms with Crippen molar-refractivity contribution >= 4 is 11.7 Å². The Morgan fingerprint density at radius 2 is 1.58 bits per heavy atom. The van der Waals surface area contributed by atoms with Crippen molar-refractivity contribution in [2.75, 3.05) is 31.1 Å². The zero-order valence-corrected chi connectivity index (χ0v) is 18.3. The Bertz CT molecular complexity index is 1130. The van der Waals surface area contributed by atoms with Gasteiger partial charge in [0.2, 0.25) is 0 Å². The van der Waals surface area contributed by atoms with Gasteiger partial charge in [0.25, 0.3) is 11.5 Å². The molecular weight excluding hydrogens is 388 g/mol. The van der Waals surface area contributed by atoms with Gasteiger partial charge in [-0.25, -0.2) is 0 Å². The van der Waals surface area contributed by atoms with Gasteiger partial charge in [-0.3, -0.25) is 9.59 Å². The van der Waals surface area contributed by atoms with Gasteiger partial charge in [0, 0.05) is 37.8 Å². The number of hydrogen-bond donors (Lipinski definition) is 0. The number of aryl methyl sites for hydroxylation is 1. The monoisotopic (exact) mass is 416 g/mol. The first-order valence-corrected chi connectivity index (χ1v) is 10.7. The predicted molar refractivity (Wildman–Crippen MR) is 123 cm³/mol. The first-order chi connectivity index (χ1) is 14.9. The molecule has 0 N–H and O–H groups in total. The van der Waals surface area contributed by atoms with Gasteiger partial charge in [0.1, 0.15) is 5.82 Å². The predicted octanol–water partition coefficient (Wildman–Crippen LogP) is 3.63.